The van der Waals surface area contributed by atoms with E-state index in [4.69, 9.17) is 0 Å². The van der Waals surface area contributed by atoms with Gasteiger partial charge in [0.2, 0.25) is 17.5 Å². The van der Waals surface area contributed by atoms with Gasteiger partial charge < -0.3 is 5.32 Å². The first-order chi connectivity index (χ1) is 7.99. The second-order valence-electron chi connectivity index (χ2n) is 3.78. The molecule has 0 aromatic carbocycles. The zero-order valence-electron chi connectivity index (χ0n) is 9.40. The molecule has 1 aromatic heterocycles. The fourth-order valence-corrected chi connectivity index (χ4v) is 1.62. The Morgan fingerprint density at radius 2 is 2.00 bits per heavy atom. The second-order valence-corrected chi connectivity index (χ2v) is 3.78. The van der Waals surface area contributed by atoms with Crippen molar-refractivity contribution < 1.29 is 14.4 Å². The standard InChI is InChI=1S/C12H10N2O3/c1-6-3-4-8-11(13-6)10(16)5-9(12(8)17)14-7(2)15/h3-5H,1-2H3,(H,14,15). The summed E-state index contributed by atoms with van der Waals surface area (Å²) in [5.74, 6) is -1.14. The molecule has 1 aromatic rings. The summed E-state index contributed by atoms with van der Waals surface area (Å²) in [4.78, 5) is 38.6. The van der Waals surface area contributed by atoms with Crippen molar-refractivity contribution in [2.24, 2.45) is 0 Å². The van der Waals surface area contributed by atoms with Crippen molar-refractivity contribution in [1.29, 1.82) is 0 Å². The van der Waals surface area contributed by atoms with E-state index >= 15 is 0 Å². The summed E-state index contributed by atoms with van der Waals surface area (Å²) < 4.78 is 0. The Morgan fingerprint density at radius 1 is 1.29 bits per heavy atom. The molecule has 0 spiro atoms. The number of nitrogens with zero attached hydrogens (tertiary/aromatic N) is 1. The highest BCUT2D eigenvalue weighted by Gasteiger charge is 2.27. The maximum Gasteiger partial charge on any atom is 0.221 e. The highest BCUT2D eigenvalue weighted by atomic mass is 16.2. The number of pyridine rings is 1. The fraction of sp³-hybridized carbons (Fsp3) is 0.167. The van der Waals surface area contributed by atoms with Crippen LogP contribution in [0.4, 0.5) is 0 Å². The third-order valence-corrected chi connectivity index (χ3v) is 2.34. The number of aryl methyl sites for hydroxylation is 1. The van der Waals surface area contributed by atoms with E-state index < -0.39 is 0 Å². The number of hydrogen-bond acceptors (Lipinski definition) is 4. The molecule has 0 aliphatic heterocycles. The summed E-state index contributed by atoms with van der Waals surface area (Å²) in [6, 6.07) is 3.20. The van der Waals surface area contributed by atoms with Crippen LogP contribution in [-0.4, -0.2) is 22.5 Å². The third kappa shape index (κ3) is 1.99. The lowest BCUT2D eigenvalue weighted by atomic mass is 9.97. The molecule has 0 atom stereocenters. The monoisotopic (exact) mass is 230 g/mol. The molecular formula is C12H10N2O3. The molecule has 2 rings (SSSR count). The molecule has 0 fully saturated rings. The van der Waals surface area contributed by atoms with Crippen LogP contribution in [-0.2, 0) is 4.79 Å². The first kappa shape index (κ1) is 11.2. The van der Waals surface area contributed by atoms with Crippen LogP contribution in [0.1, 0.15) is 33.5 Å². The van der Waals surface area contributed by atoms with Gasteiger partial charge in [0.15, 0.2) is 0 Å². The van der Waals surface area contributed by atoms with Crippen molar-refractivity contribution in [2.75, 3.05) is 0 Å². The number of rotatable bonds is 1. The van der Waals surface area contributed by atoms with Gasteiger partial charge in [-0.15, -0.1) is 0 Å². The van der Waals surface area contributed by atoms with Gasteiger partial charge in [-0.05, 0) is 19.1 Å². The molecule has 0 radical (unpaired) electrons. The van der Waals surface area contributed by atoms with Gasteiger partial charge in [0, 0.05) is 18.7 Å². The molecule has 5 nitrogen and oxygen atoms in total. The molecule has 1 N–H and O–H groups in total. The Balaban J connectivity index is 2.49. The quantitative estimate of drug-likeness (QED) is 0.773. The summed E-state index contributed by atoms with van der Waals surface area (Å²) in [6.07, 6.45) is 1.11. The van der Waals surface area contributed by atoms with E-state index in [0.717, 1.165) is 6.08 Å². The van der Waals surface area contributed by atoms with Crippen molar-refractivity contribution in [2.45, 2.75) is 13.8 Å². The SMILES string of the molecule is CC(=O)NC1=CC(=O)c2nc(C)ccc2C1=O. The number of allylic oxidation sites excluding steroid dienone is 2. The van der Waals surface area contributed by atoms with E-state index in [1.165, 1.54) is 6.92 Å². The number of Topliss-reactive ketones (excluding diaryl/α,β-unsaturated/α-hetero) is 1. The van der Waals surface area contributed by atoms with E-state index in [-0.39, 0.29) is 34.4 Å². The minimum absolute atomic E-state index is 0.000605. The Bertz CT molecular complexity index is 573. The fourth-order valence-electron chi connectivity index (χ4n) is 1.62. The van der Waals surface area contributed by atoms with Crippen LogP contribution < -0.4 is 5.32 Å². The number of fused-ring (bicyclic) bond motifs is 1. The zero-order valence-corrected chi connectivity index (χ0v) is 9.40. The van der Waals surface area contributed by atoms with Crippen LogP contribution in [0.15, 0.2) is 23.9 Å². The van der Waals surface area contributed by atoms with Gasteiger partial charge in [0.05, 0.1) is 11.3 Å². The molecule has 0 unspecified atom stereocenters. The topological polar surface area (TPSA) is 76.1 Å². The van der Waals surface area contributed by atoms with Crippen LogP contribution in [0.2, 0.25) is 0 Å². The summed E-state index contributed by atoms with van der Waals surface area (Å²) >= 11 is 0. The Hall–Kier alpha value is -2.30. The summed E-state index contributed by atoms with van der Waals surface area (Å²) in [6.45, 7) is 3.02. The molecule has 86 valence electrons. The molecule has 1 aliphatic carbocycles. The number of aromatic nitrogens is 1. The number of carbonyl (C=O) groups is 3. The molecule has 0 saturated heterocycles. The Morgan fingerprint density at radius 3 is 2.65 bits per heavy atom. The van der Waals surface area contributed by atoms with Gasteiger partial charge in [0.25, 0.3) is 0 Å². The minimum atomic E-state index is -0.388. The number of nitrogens with one attached hydrogen (secondary N) is 1. The van der Waals surface area contributed by atoms with E-state index in [2.05, 4.69) is 10.3 Å². The summed E-state index contributed by atoms with van der Waals surface area (Å²) in [5, 5.41) is 2.34. The third-order valence-electron chi connectivity index (χ3n) is 2.34. The molecule has 17 heavy (non-hydrogen) atoms. The van der Waals surface area contributed by atoms with E-state index in [0.29, 0.717) is 5.69 Å². The predicted molar refractivity (Wildman–Crippen MR) is 59.5 cm³/mol. The lowest BCUT2D eigenvalue weighted by Crippen LogP contribution is -2.30. The van der Waals surface area contributed by atoms with E-state index in [1.807, 2.05) is 0 Å². The van der Waals surface area contributed by atoms with Gasteiger partial charge in [-0.2, -0.15) is 0 Å². The Kier molecular flexibility index (Phi) is 2.59. The average Bonchev–Trinajstić information content (AvgIpc) is 2.25. The van der Waals surface area contributed by atoms with Crippen LogP contribution in [0.3, 0.4) is 0 Å². The highest BCUT2D eigenvalue weighted by molar-refractivity contribution is 6.24. The van der Waals surface area contributed by atoms with E-state index in [9.17, 15) is 14.4 Å². The van der Waals surface area contributed by atoms with E-state index in [1.54, 1.807) is 19.1 Å². The number of hydrogen-bond donors (Lipinski definition) is 1. The maximum absolute atomic E-state index is 11.9. The van der Waals surface area contributed by atoms with Crippen LogP contribution in [0, 0.1) is 6.92 Å². The number of carbonyl (C=O) groups excluding carboxylic acids is 3. The molecule has 0 bridgehead atoms. The highest BCUT2D eigenvalue weighted by Crippen LogP contribution is 2.18. The maximum atomic E-state index is 11.9. The average molecular weight is 230 g/mol. The molecule has 1 amide bonds. The first-order valence-corrected chi connectivity index (χ1v) is 5.05. The van der Waals surface area contributed by atoms with Crippen molar-refractivity contribution in [3.8, 4) is 0 Å². The molecule has 0 saturated carbocycles. The molecule has 1 aliphatic rings. The van der Waals surface area contributed by atoms with Gasteiger partial charge >= 0.3 is 0 Å². The van der Waals surface area contributed by atoms with Gasteiger partial charge in [-0.1, -0.05) is 0 Å². The van der Waals surface area contributed by atoms with Gasteiger partial charge in [-0.3, -0.25) is 14.4 Å². The predicted octanol–water partition coefficient (Wildman–Crippen LogP) is 0.789. The zero-order chi connectivity index (χ0) is 12.6. The largest absolute Gasteiger partial charge is 0.323 e. The first-order valence-electron chi connectivity index (χ1n) is 5.05. The number of ketones is 2. The molecule has 1 heterocycles. The molecule has 5 heteroatoms. The van der Waals surface area contributed by atoms with Crippen molar-refractivity contribution >= 4 is 17.5 Å². The lowest BCUT2D eigenvalue weighted by molar-refractivity contribution is -0.118. The Labute approximate surface area is 97.5 Å². The summed E-state index contributed by atoms with van der Waals surface area (Å²) in [7, 11) is 0. The van der Waals surface area contributed by atoms with Gasteiger partial charge in [0.1, 0.15) is 5.69 Å². The molecular weight excluding hydrogens is 220 g/mol. The van der Waals surface area contributed by atoms with Crippen molar-refractivity contribution in [1.82, 2.24) is 10.3 Å². The van der Waals surface area contributed by atoms with Crippen LogP contribution >= 0.6 is 0 Å². The normalized spacial score (nSPS) is 14.1. The van der Waals surface area contributed by atoms with Crippen LogP contribution in [0.25, 0.3) is 0 Å². The summed E-state index contributed by atoms with van der Waals surface area (Å²) in [5.41, 5.74) is 1.04. The lowest BCUT2D eigenvalue weighted by Gasteiger charge is -2.14. The van der Waals surface area contributed by atoms with Gasteiger partial charge in [-0.25, -0.2) is 4.98 Å². The smallest absolute Gasteiger partial charge is 0.221 e. The minimum Gasteiger partial charge on any atom is -0.323 e. The van der Waals surface area contributed by atoms with Crippen molar-refractivity contribution in [3.63, 3.8) is 0 Å². The van der Waals surface area contributed by atoms with Crippen molar-refractivity contribution in [3.05, 3.63) is 40.9 Å². The van der Waals surface area contributed by atoms with Crippen LogP contribution in [0.5, 0.6) is 0 Å². The number of amides is 1. The second kappa shape index (κ2) is 3.93.